The second kappa shape index (κ2) is 8.38. The average Bonchev–Trinajstić information content (AvgIpc) is 2.40. The number of carbonyl (C=O) groups is 1. The predicted molar refractivity (Wildman–Crippen MR) is 60.2 cm³/mol. The van der Waals surface area contributed by atoms with E-state index < -0.39 is 62.7 Å². The van der Waals surface area contributed by atoms with E-state index >= 15 is 0 Å². The van der Waals surface area contributed by atoms with Gasteiger partial charge in [-0.1, -0.05) is 0 Å². The molecule has 0 aromatic rings. The zero-order valence-corrected chi connectivity index (χ0v) is 10.2. The first-order valence-corrected chi connectivity index (χ1v) is 5.61. The van der Waals surface area contributed by atoms with Crippen molar-refractivity contribution < 1.29 is 45.3 Å². The van der Waals surface area contributed by atoms with Crippen LogP contribution in [-0.2, 0) is 9.53 Å². The summed E-state index contributed by atoms with van der Waals surface area (Å²) in [5.74, 6) is -1.67. The van der Waals surface area contributed by atoms with Crippen LogP contribution in [0.3, 0.4) is 0 Å². The minimum absolute atomic E-state index is 0.453. The summed E-state index contributed by atoms with van der Waals surface area (Å²) in [6.07, 6.45) is -6.44. The topological polar surface area (TPSA) is 168 Å². The van der Waals surface area contributed by atoms with E-state index in [4.69, 9.17) is 25.2 Å². The highest BCUT2D eigenvalue weighted by atomic mass is 16.5. The Morgan fingerprint density at radius 2 is 1.68 bits per heavy atom. The van der Waals surface area contributed by atoms with Crippen LogP contribution in [0.5, 0.6) is 0 Å². The van der Waals surface area contributed by atoms with E-state index in [-0.39, 0.29) is 0 Å². The smallest absolute Gasteiger partial charge is 0.338 e. The van der Waals surface area contributed by atoms with Crippen LogP contribution >= 0.6 is 0 Å². The van der Waals surface area contributed by atoms with E-state index in [0.29, 0.717) is 0 Å². The number of ether oxygens (including phenoxy) is 1. The van der Waals surface area contributed by atoms with Crippen LogP contribution in [0.2, 0.25) is 0 Å². The monoisotopic (exact) mass is 284 g/mol. The molecule has 9 heteroatoms. The standard InChI is InChI=1S/C10H20O9/c11-2-1-10(9(17)18,19-4-3-12)8(16)7(15)6(14)5-13/h6-8,11-16H,1-5H2,(H,17,18)/t6-,7-,8+,10-/m1/s1. The van der Waals surface area contributed by atoms with E-state index in [9.17, 15) is 20.1 Å². The number of aliphatic carboxylic acids is 1. The van der Waals surface area contributed by atoms with Crippen LogP contribution in [0.4, 0.5) is 0 Å². The fourth-order valence-corrected chi connectivity index (χ4v) is 1.59. The van der Waals surface area contributed by atoms with Crippen LogP contribution in [0.15, 0.2) is 0 Å². The summed E-state index contributed by atoms with van der Waals surface area (Å²) < 4.78 is 4.85. The molecule has 7 N–H and O–H groups in total. The average molecular weight is 284 g/mol. The molecular formula is C10H20O9. The van der Waals surface area contributed by atoms with Gasteiger partial charge in [0.1, 0.15) is 18.3 Å². The summed E-state index contributed by atoms with van der Waals surface area (Å²) in [5.41, 5.74) is -2.40. The van der Waals surface area contributed by atoms with Gasteiger partial charge in [-0.2, -0.15) is 0 Å². The Morgan fingerprint density at radius 3 is 2.05 bits per heavy atom. The van der Waals surface area contributed by atoms with Crippen molar-refractivity contribution in [1.82, 2.24) is 0 Å². The third kappa shape index (κ3) is 4.35. The lowest BCUT2D eigenvalue weighted by atomic mass is 9.87. The van der Waals surface area contributed by atoms with Gasteiger partial charge in [-0.25, -0.2) is 4.79 Å². The molecule has 19 heavy (non-hydrogen) atoms. The van der Waals surface area contributed by atoms with Crippen LogP contribution in [0.25, 0.3) is 0 Å². The summed E-state index contributed by atoms with van der Waals surface area (Å²) in [6, 6.07) is 0. The summed E-state index contributed by atoms with van der Waals surface area (Å²) in [5, 5.41) is 63.9. The van der Waals surface area contributed by atoms with Gasteiger partial charge in [0.2, 0.25) is 0 Å². The molecule has 0 fully saturated rings. The van der Waals surface area contributed by atoms with Crippen LogP contribution < -0.4 is 0 Å². The largest absolute Gasteiger partial charge is 0.479 e. The quantitative estimate of drug-likeness (QED) is 0.213. The Balaban J connectivity index is 5.23. The molecule has 4 atom stereocenters. The van der Waals surface area contributed by atoms with Gasteiger partial charge in [0.05, 0.1) is 19.8 Å². The molecule has 0 saturated heterocycles. The normalized spacial score (nSPS) is 19.5. The minimum Gasteiger partial charge on any atom is -0.479 e. The van der Waals surface area contributed by atoms with Crippen molar-refractivity contribution in [2.24, 2.45) is 0 Å². The second-order valence-corrected chi connectivity index (χ2v) is 3.93. The lowest BCUT2D eigenvalue weighted by Crippen LogP contribution is -2.60. The van der Waals surface area contributed by atoms with E-state index in [1.54, 1.807) is 0 Å². The highest BCUT2D eigenvalue weighted by molar-refractivity contribution is 5.78. The van der Waals surface area contributed by atoms with E-state index in [0.717, 1.165) is 0 Å². The molecule has 0 amide bonds. The van der Waals surface area contributed by atoms with Crippen molar-refractivity contribution in [1.29, 1.82) is 0 Å². The number of carboxylic acid groups (broad SMARTS) is 1. The molecule has 0 rings (SSSR count). The van der Waals surface area contributed by atoms with Crippen molar-refractivity contribution in [3.05, 3.63) is 0 Å². The number of aliphatic hydroxyl groups excluding tert-OH is 6. The fourth-order valence-electron chi connectivity index (χ4n) is 1.59. The van der Waals surface area contributed by atoms with Gasteiger partial charge in [0.15, 0.2) is 5.60 Å². The highest BCUT2D eigenvalue weighted by Crippen LogP contribution is 2.25. The molecule has 0 unspecified atom stereocenters. The second-order valence-electron chi connectivity index (χ2n) is 3.93. The first kappa shape index (κ1) is 18.2. The molecule has 0 bridgehead atoms. The van der Waals surface area contributed by atoms with E-state index in [1.165, 1.54) is 0 Å². The number of aliphatic hydroxyl groups is 6. The first-order chi connectivity index (χ1) is 8.87. The highest BCUT2D eigenvalue weighted by Gasteiger charge is 2.50. The van der Waals surface area contributed by atoms with Crippen molar-refractivity contribution in [2.45, 2.75) is 30.3 Å². The molecule has 114 valence electrons. The maximum absolute atomic E-state index is 11.2. The zero-order valence-electron chi connectivity index (χ0n) is 10.2. The molecule has 0 saturated carbocycles. The van der Waals surface area contributed by atoms with Crippen molar-refractivity contribution in [2.75, 3.05) is 26.4 Å². The Labute approximate surface area is 109 Å². The first-order valence-electron chi connectivity index (χ1n) is 5.61. The molecule has 0 aliphatic rings. The SMILES string of the molecule is O=C(O)[C@](CCO)(OCCO)[C@@H](O)[C@H](O)[C@H](O)CO. The lowest BCUT2D eigenvalue weighted by Gasteiger charge is -2.36. The van der Waals surface area contributed by atoms with Crippen molar-refractivity contribution in [3.8, 4) is 0 Å². The van der Waals surface area contributed by atoms with Crippen molar-refractivity contribution in [3.63, 3.8) is 0 Å². The molecule has 0 radical (unpaired) electrons. The summed E-state index contributed by atoms with van der Waals surface area (Å²) in [6.45, 7) is -2.55. The molecule has 0 aromatic carbocycles. The minimum atomic E-state index is -2.40. The van der Waals surface area contributed by atoms with E-state index in [2.05, 4.69) is 0 Å². The zero-order chi connectivity index (χ0) is 15.1. The maximum atomic E-state index is 11.2. The fraction of sp³-hybridized carbons (Fsp3) is 0.900. The lowest BCUT2D eigenvalue weighted by molar-refractivity contribution is -0.210. The van der Waals surface area contributed by atoms with Gasteiger partial charge in [-0.05, 0) is 0 Å². The maximum Gasteiger partial charge on any atom is 0.338 e. The summed E-state index contributed by atoms with van der Waals surface area (Å²) in [4.78, 5) is 11.2. The van der Waals surface area contributed by atoms with Gasteiger partial charge in [0, 0.05) is 13.0 Å². The molecule has 0 heterocycles. The number of hydrogen-bond acceptors (Lipinski definition) is 8. The molecule has 0 aliphatic carbocycles. The predicted octanol–water partition coefficient (Wildman–Crippen LogP) is -3.72. The molecular weight excluding hydrogens is 264 g/mol. The van der Waals surface area contributed by atoms with Gasteiger partial charge in [-0.3, -0.25) is 0 Å². The number of rotatable bonds is 10. The van der Waals surface area contributed by atoms with E-state index in [1.807, 2.05) is 0 Å². The van der Waals surface area contributed by atoms with Gasteiger partial charge < -0.3 is 40.5 Å². The van der Waals surface area contributed by atoms with Gasteiger partial charge >= 0.3 is 5.97 Å². The Kier molecular flexibility index (Phi) is 8.02. The Hall–Kier alpha value is -0.810. The van der Waals surface area contributed by atoms with Gasteiger partial charge in [0.25, 0.3) is 0 Å². The van der Waals surface area contributed by atoms with Crippen molar-refractivity contribution >= 4 is 5.97 Å². The number of carboxylic acids is 1. The molecule has 9 nitrogen and oxygen atoms in total. The van der Waals surface area contributed by atoms with Crippen LogP contribution in [0, 0.1) is 0 Å². The molecule has 0 aliphatic heterocycles. The van der Waals surface area contributed by atoms with Crippen LogP contribution in [-0.4, -0.2) is 92.1 Å². The summed E-state index contributed by atoms with van der Waals surface area (Å²) in [7, 11) is 0. The third-order valence-electron chi connectivity index (χ3n) is 2.68. The molecule has 0 aromatic heterocycles. The molecule has 0 spiro atoms. The Bertz CT molecular complexity index is 272. The third-order valence-corrected chi connectivity index (χ3v) is 2.68. The van der Waals surface area contributed by atoms with Gasteiger partial charge in [-0.15, -0.1) is 0 Å². The summed E-state index contributed by atoms with van der Waals surface area (Å²) >= 11 is 0. The Morgan fingerprint density at radius 1 is 1.11 bits per heavy atom. The number of hydrogen-bond donors (Lipinski definition) is 7. The van der Waals surface area contributed by atoms with Crippen LogP contribution in [0.1, 0.15) is 6.42 Å².